The van der Waals surface area contributed by atoms with Crippen LogP contribution in [0.5, 0.6) is 0 Å². The fourth-order valence-electron chi connectivity index (χ4n) is 1.57. The molecule has 0 aliphatic heterocycles. The summed E-state index contributed by atoms with van der Waals surface area (Å²) in [6.07, 6.45) is 0.539. The van der Waals surface area contributed by atoms with Gasteiger partial charge in [-0.2, -0.15) is 0 Å². The predicted octanol–water partition coefficient (Wildman–Crippen LogP) is 2.18. The van der Waals surface area contributed by atoms with E-state index in [1.165, 1.54) is 4.68 Å². The molecule has 0 fully saturated rings. The van der Waals surface area contributed by atoms with Crippen molar-refractivity contribution in [3.63, 3.8) is 0 Å². The van der Waals surface area contributed by atoms with Crippen LogP contribution in [-0.4, -0.2) is 26.1 Å². The Bertz CT molecular complexity index is 548. The van der Waals surface area contributed by atoms with Crippen LogP contribution in [0.4, 0.5) is 0 Å². The molecule has 0 saturated carbocycles. The molecule has 0 amide bonds. The second-order valence-electron chi connectivity index (χ2n) is 3.43. The van der Waals surface area contributed by atoms with E-state index in [1.807, 2.05) is 6.92 Å². The van der Waals surface area contributed by atoms with Gasteiger partial charge in [0, 0.05) is 5.02 Å². The van der Waals surface area contributed by atoms with Gasteiger partial charge in [-0.25, -0.2) is 9.48 Å². The van der Waals surface area contributed by atoms with Crippen molar-refractivity contribution in [3.8, 4) is 5.69 Å². The third kappa shape index (κ3) is 2.14. The minimum absolute atomic E-state index is 0.0116. The maximum absolute atomic E-state index is 10.9. The van der Waals surface area contributed by atoms with Gasteiger partial charge in [0.15, 0.2) is 5.69 Å². The average molecular weight is 252 g/mol. The molecule has 6 heteroatoms. The van der Waals surface area contributed by atoms with E-state index in [0.29, 0.717) is 17.1 Å². The van der Waals surface area contributed by atoms with Gasteiger partial charge >= 0.3 is 5.97 Å². The van der Waals surface area contributed by atoms with Crippen molar-refractivity contribution in [1.82, 2.24) is 15.0 Å². The predicted molar refractivity (Wildman–Crippen MR) is 62.7 cm³/mol. The van der Waals surface area contributed by atoms with Crippen LogP contribution < -0.4 is 0 Å². The maximum Gasteiger partial charge on any atom is 0.358 e. The Morgan fingerprint density at radius 1 is 1.41 bits per heavy atom. The summed E-state index contributed by atoms with van der Waals surface area (Å²) in [7, 11) is 0. The number of aromatic nitrogens is 3. The molecule has 0 unspecified atom stereocenters. The van der Waals surface area contributed by atoms with Crippen molar-refractivity contribution in [2.75, 3.05) is 0 Å². The van der Waals surface area contributed by atoms with Gasteiger partial charge in [0.05, 0.1) is 11.4 Å². The zero-order chi connectivity index (χ0) is 12.4. The smallest absolute Gasteiger partial charge is 0.358 e. The van der Waals surface area contributed by atoms with Crippen molar-refractivity contribution < 1.29 is 9.90 Å². The number of aromatic carboxylic acids is 1. The Hall–Kier alpha value is -1.88. The molecule has 2 rings (SSSR count). The van der Waals surface area contributed by atoms with Crippen LogP contribution >= 0.6 is 11.6 Å². The number of nitrogens with zero attached hydrogens (tertiary/aromatic N) is 3. The van der Waals surface area contributed by atoms with E-state index in [2.05, 4.69) is 10.3 Å². The third-order valence-electron chi connectivity index (χ3n) is 2.37. The highest BCUT2D eigenvalue weighted by atomic mass is 35.5. The first-order valence-electron chi connectivity index (χ1n) is 5.07. The molecule has 88 valence electrons. The lowest BCUT2D eigenvalue weighted by atomic mass is 10.2. The maximum atomic E-state index is 10.9. The summed E-state index contributed by atoms with van der Waals surface area (Å²) in [4.78, 5) is 10.9. The van der Waals surface area contributed by atoms with Gasteiger partial charge in [0.2, 0.25) is 0 Å². The van der Waals surface area contributed by atoms with Crippen LogP contribution in [0.15, 0.2) is 24.3 Å². The zero-order valence-corrected chi connectivity index (χ0v) is 9.85. The Balaban J connectivity index is 2.52. The molecule has 5 nitrogen and oxygen atoms in total. The highest BCUT2D eigenvalue weighted by Crippen LogP contribution is 2.16. The van der Waals surface area contributed by atoms with E-state index in [1.54, 1.807) is 24.3 Å². The molecule has 1 N–H and O–H groups in total. The van der Waals surface area contributed by atoms with Gasteiger partial charge in [0.1, 0.15) is 0 Å². The van der Waals surface area contributed by atoms with Crippen LogP contribution in [0.3, 0.4) is 0 Å². The van der Waals surface area contributed by atoms with Gasteiger partial charge in [0.25, 0.3) is 0 Å². The van der Waals surface area contributed by atoms with Crippen LogP contribution in [0, 0.1) is 0 Å². The second-order valence-corrected chi connectivity index (χ2v) is 3.87. The lowest BCUT2D eigenvalue weighted by Gasteiger charge is -2.04. The highest BCUT2D eigenvalue weighted by molar-refractivity contribution is 6.30. The Morgan fingerprint density at radius 3 is 2.59 bits per heavy atom. The normalized spacial score (nSPS) is 10.5. The SMILES string of the molecule is CCc1c(C(=O)O)nnn1-c1ccc(Cl)cc1. The number of carbonyl (C=O) groups is 1. The average Bonchev–Trinajstić information content (AvgIpc) is 2.73. The molecule has 0 bridgehead atoms. The summed E-state index contributed by atoms with van der Waals surface area (Å²) in [5, 5.41) is 17.1. The molecule has 0 radical (unpaired) electrons. The molecule has 1 aromatic carbocycles. The zero-order valence-electron chi connectivity index (χ0n) is 9.09. The summed E-state index contributed by atoms with van der Waals surface area (Å²) in [6, 6.07) is 6.97. The van der Waals surface area contributed by atoms with Crippen molar-refractivity contribution >= 4 is 17.6 Å². The molecule has 1 aromatic heterocycles. The number of rotatable bonds is 3. The summed E-state index contributed by atoms with van der Waals surface area (Å²) in [6.45, 7) is 1.86. The number of hydrogen-bond acceptors (Lipinski definition) is 3. The van der Waals surface area contributed by atoms with Gasteiger partial charge in [-0.05, 0) is 30.7 Å². The van der Waals surface area contributed by atoms with Crippen LogP contribution in [0.1, 0.15) is 23.1 Å². The number of carboxylic acid groups (broad SMARTS) is 1. The van der Waals surface area contributed by atoms with E-state index in [4.69, 9.17) is 16.7 Å². The Morgan fingerprint density at radius 2 is 2.06 bits per heavy atom. The first-order valence-corrected chi connectivity index (χ1v) is 5.45. The fourth-order valence-corrected chi connectivity index (χ4v) is 1.70. The van der Waals surface area contributed by atoms with Crippen molar-refractivity contribution in [3.05, 3.63) is 40.7 Å². The van der Waals surface area contributed by atoms with E-state index < -0.39 is 5.97 Å². The number of halogens is 1. The minimum atomic E-state index is -1.07. The molecule has 17 heavy (non-hydrogen) atoms. The van der Waals surface area contributed by atoms with E-state index >= 15 is 0 Å². The van der Waals surface area contributed by atoms with Gasteiger partial charge in [-0.3, -0.25) is 0 Å². The molecule has 1 heterocycles. The van der Waals surface area contributed by atoms with Gasteiger partial charge in [-0.15, -0.1) is 5.10 Å². The molecule has 0 aliphatic carbocycles. The van der Waals surface area contributed by atoms with Gasteiger partial charge in [-0.1, -0.05) is 23.7 Å². The number of carboxylic acids is 1. The summed E-state index contributed by atoms with van der Waals surface area (Å²) < 4.78 is 1.51. The quantitative estimate of drug-likeness (QED) is 0.908. The molecule has 0 saturated heterocycles. The minimum Gasteiger partial charge on any atom is -0.476 e. The van der Waals surface area contributed by atoms with Crippen molar-refractivity contribution in [2.24, 2.45) is 0 Å². The number of hydrogen-bond donors (Lipinski definition) is 1. The summed E-state index contributed by atoms with van der Waals surface area (Å²) >= 11 is 5.79. The van der Waals surface area contributed by atoms with E-state index in [0.717, 1.165) is 5.69 Å². The first-order chi connectivity index (χ1) is 8.13. The van der Waals surface area contributed by atoms with Gasteiger partial charge < -0.3 is 5.11 Å². The van der Waals surface area contributed by atoms with Crippen LogP contribution in [0.2, 0.25) is 5.02 Å². The molecular weight excluding hydrogens is 242 g/mol. The standard InChI is InChI=1S/C11H10ClN3O2/c1-2-9-10(11(16)17)13-14-15(9)8-5-3-7(12)4-6-8/h3-6H,2H2,1H3,(H,16,17). The van der Waals surface area contributed by atoms with Crippen molar-refractivity contribution in [2.45, 2.75) is 13.3 Å². The molecular formula is C11H10ClN3O2. The number of benzene rings is 1. The molecule has 0 spiro atoms. The first kappa shape index (κ1) is 11.6. The third-order valence-corrected chi connectivity index (χ3v) is 2.62. The molecule has 0 atom stereocenters. The lowest BCUT2D eigenvalue weighted by Crippen LogP contribution is -2.05. The Labute approximate surface area is 103 Å². The Kier molecular flexibility index (Phi) is 3.10. The summed E-state index contributed by atoms with van der Waals surface area (Å²) in [5.74, 6) is -1.07. The largest absolute Gasteiger partial charge is 0.476 e. The van der Waals surface area contributed by atoms with E-state index in [-0.39, 0.29) is 5.69 Å². The van der Waals surface area contributed by atoms with Crippen LogP contribution in [0.25, 0.3) is 5.69 Å². The topological polar surface area (TPSA) is 68.0 Å². The van der Waals surface area contributed by atoms with E-state index in [9.17, 15) is 4.79 Å². The second kappa shape index (κ2) is 4.55. The van der Waals surface area contributed by atoms with Crippen LogP contribution in [-0.2, 0) is 6.42 Å². The fraction of sp³-hybridized carbons (Fsp3) is 0.182. The monoisotopic (exact) mass is 251 g/mol. The summed E-state index contributed by atoms with van der Waals surface area (Å²) in [5.41, 5.74) is 1.30. The van der Waals surface area contributed by atoms with Crippen molar-refractivity contribution in [1.29, 1.82) is 0 Å². The highest BCUT2D eigenvalue weighted by Gasteiger charge is 2.17. The lowest BCUT2D eigenvalue weighted by molar-refractivity contribution is 0.0689. The molecule has 2 aromatic rings. The molecule has 0 aliphatic rings.